The van der Waals surface area contributed by atoms with Gasteiger partial charge in [0.15, 0.2) is 34.5 Å². The van der Waals surface area contributed by atoms with Crippen molar-refractivity contribution >= 4 is 10.0 Å². The summed E-state index contributed by atoms with van der Waals surface area (Å²) >= 11 is 0. The van der Waals surface area contributed by atoms with Gasteiger partial charge in [-0.15, -0.1) is 0 Å². The summed E-state index contributed by atoms with van der Waals surface area (Å²) in [5.74, 6) is -13.0. The fraction of sp³-hybridized carbons (Fsp3) is 0.800. The van der Waals surface area contributed by atoms with Crippen LogP contribution in [-0.2, 0) is 19.5 Å². The van der Waals surface area contributed by atoms with Gasteiger partial charge in [0, 0.05) is 0 Å². The fourth-order valence-corrected chi connectivity index (χ4v) is 6.69. The fourth-order valence-electron chi connectivity index (χ4n) is 5.32. The van der Waals surface area contributed by atoms with E-state index in [1.54, 1.807) is 4.72 Å². The van der Waals surface area contributed by atoms with Crippen LogP contribution in [0, 0.1) is 29.1 Å². The van der Waals surface area contributed by atoms with Crippen molar-refractivity contribution in [1.82, 2.24) is 4.72 Å². The van der Waals surface area contributed by atoms with Crippen LogP contribution in [0.25, 0.3) is 0 Å². The maximum atomic E-state index is 14.4. The molecule has 1 heterocycles. The molecule has 0 radical (unpaired) electrons. The van der Waals surface area contributed by atoms with Crippen LogP contribution in [0.5, 0.6) is 0 Å². The van der Waals surface area contributed by atoms with Crippen molar-refractivity contribution in [2.75, 3.05) is 13.2 Å². The first kappa shape index (κ1) is 41.6. The molecule has 0 unspecified atom stereocenters. The molecule has 8 atom stereocenters. The van der Waals surface area contributed by atoms with Crippen molar-refractivity contribution < 1.29 is 70.5 Å². The summed E-state index contributed by atoms with van der Waals surface area (Å²) in [5.41, 5.74) is 0. The summed E-state index contributed by atoms with van der Waals surface area (Å²) in [7, 11) is -5.64. The van der Waals surface area contributed by atoms with Crippen molar-refractivity contribution in [1.29, 1.82) is 0 Å². The molecular weight excluding hydrogens is 661 g/mol. The van der Waals surface area contributed by atoms with Crippen molar-refractivity contribution in [2.45, 2.75) is 144 Å². The highest BCUT2D eigenvalue weighted by Gasteiger charge is 2.45. The highest BCUT2D eigenvalue weighted by molar-refractivity contribution is 7.89. The molecule has 0 saturated carbocycles. The first-order valence-electron chi connectivity index (χ1n) is 16.0. The number of nitrogens with one attached hydrogen (secondary N) is 1. The van der Waals surface area contributed by atoms with Gasteiger partial charge < -0.3 is 40.1 Å². The summed E-state index contributed by atoms with van der Waals surface area (Å²) in [6.07, 6.45) is -0.559. The lowest BCUT2D eigenvalue weighted by Gasteiger charge is -2.40. The summed E-state index contributed by atoms with van der Waals surface area (Å²) < 4.78 is 108. The van der Waals surface area contributed by atoms with Crippen molar-refractivity contribution in [3.05, 3.63) is 29.1 Å². The highest BCUT2D eigenvalue weighted by Crippen LogP contribution is 2.28. The van der Waals surface area contributed by atoms with E-state index in [1.807, 2.05) is 0 Å². The zero-order valence-corrected chi connectivity index (χ0v) is 27.2. The maximum absolute atomic E-state index is 14.4. The van der Waals surface area contributed by atoms with Crippen molar-refractivity contribution in [3.63, 3.8) is 0 Å². The van der Waals surface area contributed by atoms with E-state index in [0.29, 0.717) is 12.8 Å². The molecule has 274 valence electrons. The average Bonchev–Trinajstić information content (AvgIpc) is 3.04. The normalized spacial score (nSPS) is 24.0. The number of sulfonamides is 1. The molecular formula is C30H48F5NO10S. The minimum absolute atomic E-state index is 0.0700. The van der Waals surface area contributed by atoms with Gasteiger partial charge in [0.05, 0.1) is 31.5 Å². The topological polar surface area (TPSA) is 186 Å². The number of hydrogen-bond acceptors (Lipinski definition) is 10. The standard InChI is InChI=1S/C30H48F5NO10S/c1-2-3-4-5-6-7-8-9-10-11-12-13-14-18(38)25(39)17(16-45-30-28(42)27(41)26(40)19(15-37)46-30)36-47(43,44)29-23(34)21(32)20(31)22(33)24(29)35/h17-19,25-28,30,36-42H,2-16H2,1H3/t17-,18-,19-,25+,26+,27+,28-,30+/m1/s1. The van der Waals surface area contributed by atoms with E-state index in [-0.39, 0.29) is 6.42 Å². The maximum Gasteiger partial charge on any atom is 0.247 e. The smallest absolute Gasteiger partial charge is 0.247 e. The molecule has 17 heteroatoms. The van der Waals surface area contributed by atoms with Crippen LogP contribution < -0.4 is 4.72 Å². The number of unbranched alkanes of at least 4 members (excludes halogenated alkanes) is 11. The van der Waals surface area contributed by atoms with E-state index in [9.17, 15) is 61.0 Å². The number of benzene rings is 1. The zero-order valence-electron chi connectivity index (χ0n) is 26.3. The molecule has 1 aromatic carbocycles. The highest BCUT2D eigenvalue weighted by atomic mass is 32.2. The quantitative estimate of drug-likeness (QED) is 0.0409. The van der Waals surface area contributed by atoms with E-state index in [1.165, 1.54) is 32.1 Å². The molecule has 7 N–H and O–H groups in total. The van der Waals surface area contributed by atoms with E-state index in [0.717, 1.165) is 32.1 Å². The Hall–Kier alpha value is -1.54. The van der Waals surface area contributed by atoms with Gasteiger partial charge in [-0.05, 0) is 6.42 Å². The minimum Gasteiger partial charge on any atom is -0.394 e. The van der Waals surface area contributed by atoms with Gasteiger partial charge in [-0.2, -0.15) is 0 Å². The molecule has 0 amide bonds. The third-order valence-corrected chi connectivity index (χ3v) is 9.70. The first-order chi connectivity index (χ1) is 22.2. The van der Waals surface area contributed by atoms with Gasteiger partial charge in [0.1, 0.15) is 24.4 Å². The van der Waals surface area contributed by atoms with Gasteiger partial charge in [-0.1, -0.05) is 84.0 Å². The second kappa shape index (κ2) is 20.2. The van der Waals surface area contributed by atoms with Crippen LogP contribution in [0.4, 0.5) is 22.0 Å². The Labute approximate surface area is 271 Å². The lowest BCUT2D eigenvalue weighted by molar-refractivity contribution is -0.303. The molecule has 2 rings (SSSR count). The van der Waals surface area contributed by atoms with Gasteiger partial charge in [0.25, 0.3) is 0 Å². The molecule has 1 aliphatic heterocycles. The average molecular weight is 710 g/mol. The van der Waals surface area contributed by atoms with Crippen LogP contribution in [-0.4, -0.2) is 101 Å². The van der Waals surface area contributed by atoms with Crippen LogP contribution in [0.15, 0.2) is 4.90 Å². The third kappa shape index (κ3) is 11.8. The Kier molecular flexibility index (Phi) is 17.9. The van der Waals surface area contributed by atoms with Gasteiger partial charge in [-0.3, -0.25) is 0 Å². The molecule has 11 nitrogen and oxygen atoms in total. The predicted molar refractivity (Wildman–Crippen MR) is 158 cm³/mol. The molecule has 1 saturated heterocycles. The van der Waals surface area contributed by atoms with Gasteiger partial charge in [-0.25, -0.2) is 35.1 Å². The number of hydrogen-bond donors (Lipinski definition) is 7. The molecule has 0 spiro atoms. The molecule has 0 aromatic heterocycles. The van der Waals surface area contributed by atoms with E-state index < -0.39 is 106 Å². The summed E-state index contributed by atoms with van der Waals surface area (Å²) in [6, 6.07) is -2.03. The Balaban J connectivity index is 2.09. The van der Waals surface area contributed by atoms with Gasteiger partial charge in [0.2, 0.25) is 15.8 Å². The number of ether oxygens (including phenoxy) is 2. The van der Waals surface area contributed by atoms with Gasteiger partial charge >= 0.3 is 0 Å². The van der Waals surface area contributed by atoms with E-state index in [4.69, 9.17) is 9.47 Å². The largest absolute Gasteiger partial charge is 0.394 e. The molecule has 1 aliphatic rings. The van der Waals surface area contributed by atoms with E-state index in [2.05, 4.69) is 6.92 Å². The second-order valence-electron chi connectivity index (χ2n) is 11.9. The Morgan fingerprint density at radius 3 is 1.70 bits per heavy atom. The lowest BCUT2D eigenvalue weighted by Crippen LogP contribution is -2.60. The van der Waals surface area contributed by atoms with E-state index >= 15 is 0 Å². The lowest BCUT2D eigenvalue weighted by atomic mass is 9.99. The molecule has 0 bridgehead atoms. The number of rotatable bonds is 22. The summed E-state index contributed by atoms with van der Waals surface area (Å²) in [6.45, 7) is 0.268. The molecule has 1 aromatic rings. The number of aliphatic hydroxyl groups is 6. The second-order valence-corrected chi connectivity index (χ2v) is 13.5. The summed E-state index contributed by atoms with van der Waals surface area (Å²) in [5, 5.41) is 61.0. The monoisotopic (exact) mass is 709 g/mol. The van der Waals surface area contributed by atoms with Crippen LogP contribution >= 0.6 is 0 Å². The zero-order chi connectivity index (χ0) is 35.3. The van der Waals surface area contributed by atoms with Crippen LogP contribution in [0.2, 0.25) is 0 Å². The summed E-state index contributed by atoms with van der Waals surface area (Å²) in [4.78, 5) is -2.24. The Bertz CT molecular complexity index is 1170. The SMILES string of the molecule is CCCCCCCCCCCCCC[C@@H](O)[C@@H](O)[C@@H](CO[C@H]1O[C@H](CO)[C@H](O)[C@H](O)[C@H]1O)NS(=O)(=O)c1c(F)c(F)c(F)c(F)c1F. The molecule has 47 heavy (non-hydrogen) atoms. The third-order valence-electron chi connectivity index (χ3n) is 8.19. The molecule has 1 fully saturated rings. The number of aliphatic hydroxyl groups excluding tert-OH is 6. The number of halogens is 5. The Morgan fingerprint density at radius 2 is 1.21 bits per heavy atom. The molecule has 0 aliphatic carbocycles. The predicted octanol–water partition coefficient (Wildman–Crippen LogP) is 2.66. The Morgan fingerprint density at radius 1 is 0.745 bits per heavy atom. The van der Waals surface area contributed by atoms with Crippen molar-refractivity contribution in [3.8, 4) is 0 Å². The minimum atomic E-state index is -5.64. The van der Waals surface area contributed by atoms with Crippen molar-refractivity contribution in [2.24, 2.45) is 0 Å². The first-order valence-corrected chi connectivity index (χ1v) is 17.5. The van der Waals surface area contributed by atoms with Crippen LogP contribution in [0.3, 0.4) is 0 Å². The van der Waals surface area contributed by atoms with Crippen LogP contribution in [0.1, 0.15) is 90.4 Å².